The maximum Gasteiger partial charge on any atom is 0.310 e. The van der Waals surface area contributed by atoms with Crippen molar-refractivity contribution in [3.63, 3.8) is 0 Å². The minimum Gasteiger partial charge on any atom is -0.481 e. The van der Waals surface area contributed by atoms with Crippen LogP contribution in [0.3, 0.4) is 0 Å². The van der Waals surface area contributed by atoms with Crippen molar-refractivity contribution in [3.8, 4) is 5.88 Å². The van der Waals surface area contributed by atoms with Crippen molar-refractivity contribution in [2.45, 2.75) is 20.0 Å². The first kappa shape index (κ1) is 10.1. The SMILES string of the molecule is COc1ccc(BOC(C)C)cn1. The van der Waals surface area contributed by atoms with Gasteiger partial charge in [0, 0.05) is 12.3 Å². The number of nitrogens with zero attached hydrogens (tertiary/aromatic N) is 1. The van der Waals surface area contributed by atoms with Crippen molar-refractivity contribution in [2.24, 2.45) is 0 Å². The van der Waals surface area contributed by atoms with Crippen molar-refractivity contribution in [1.29, 1.82) is 0 Å². The molecule has 0 aromatic carbocycles. The second-order valence-corrected chi connectivity index (χ2v) is 3.07. The van der Waals surface area contributed by atoms with Crippen LogP contribution in [0.25, 0.3) is 0 Å². The number of hydrogen-bond donors (Lipinski definition) is 0. The molecular formula is C9H14BNO2. The Morgan fingerprint density at radius 3 is 2.62 bits per heavy atom. The molecule has 4 heteroatoms. The van der Waals surface area contributed by atoms with Crippen molar-refractivity contribution in [3.05, 3.63) is 18.3 Å². The Balaban J connectivity index is 2.49. The molecule has 0 bridgehead atoms. The second-order valence-electron chi connectivity index (χ2n) is 3.07. The van der Waals surface area contributed by atoms with Gasteiger partial charge in [-0.3, -0.25) is 0 Å². The molecule has 0 saturated carbocycles. The summed E-state index contributed by atoms with van der Waals surface area (Å²) in [5, 5.41) is 0. The van der Waals surface area contributed by atoms with E-state index in [-0.39, 0.29) is 6.10 Å². The third-order valence-corrected chi connectivity index (χ3v) is 1.59. The van der Waals surface area contributed by atoms with Gasteiger partial charge in [-0.25, -0.2) is 4.98 Å². The van der Waals surface area contributed by atoms with Crippen LogP contribution in [0, 0.1) is 0 Å². The van der Waals surface area contributed by atoms with E-state index in [0.717, 1.165) is 5.46 Å². The van der Waals surface area contributed by atoms with E-state index in [1.165, 1.54) is 0 Å². The topological polar surface area (TPSA) is 31.4 Å². The van der Waals surface area contributed by atoms with Crippen LogP contribution in [0.1, 0.15) is 13.8 Å². The van der Waals surface area contributed by atoms with Crippen molar-refractivity contribution < 1.29 is 9.39 Å². The third kappa shape index (κ3) is 3.46. The molecule has 1 aromatic rings. The molecule has 1 rings (SSSR count). The summed E-state index contributed by atoms with van der Waals surface area (Å²) in [6.07, 6.45) is 2.02. The third-order valence-electron chi connectivity index (χ3n) is 1.59. The van der Waals surface area contributed by atoms with Crippen LogP contribution in [-0.4, -0.2) is 25.7 Å². The Bertz CT molecular complexity index is 248. The van der Waals surface area contributed by atoms with Gasteiger partial charge in [-0.1, -0.05) is 6.07 Å². The summed E-state index contributed by atoms with van der Waals surface area (Å²) in [5.41, 5.74) is 1.06. The van der Waals surface area contributed by atoms with Gasteiger partial charge in [0.05, 0.1) is 7.11 Å². The van der Waals surface area contributed by atoms with E-state index in [2.05, 4.69) is 4.98 Å². The summed E-state index contributed by atoms with van der Waals surface area (Å²) in [6, 6.07) is 3.78. The molecule has 0 amide bonds. The molecule has 0 saturated heterocycles. The Kier molecular flexibility index (Phi) is 3.77. The number of methoxy groups -OCH3 is 1. The number of hydrogen-bond acceptors (Lipinski definition) is 3. The minimum atomic E-state index is 0.252. The number of aromatic nitrogens is 1. The lowest BCUT2D eigenvalue weighted by atomic mass is 9.89. The largest absolute Gasteiger partial charge is 0.481 e. The first-order chi connectivity index (χ1) is 6.22. The quantitative estimate of drug-likeness (QED) is 0.630. The summed E-state index contributed by atoms with van der Waals surface area (Å²) in [7, 11) is 2.21. The molecule has 0 spiro atoms. The maximum absolute atomic E-state index is 5.42. The fraction of sp³-hybridized carbons (Fsp3) is 0.444. The van der Waals surface area contributed by atoms with Crippen molar-refractivity contribution in [1.82, 2.24) is 4.98 Å². The molecule has 0 aliphatic rings. The zero-order valence-corrected chi connectivity index (χ0v) is 8.28. The van der Waals surface area contributed by atoms with E-state index in [4.69, 9.17) is 9.39 Å². The Hall–Kier alpha value is -1.03. The zero-order valence-electron chi connectivity index (χ0n) is 8.28. The van der Waals surface area contributed by atoms with Crippen LogP contribution >= 0.6 is 0 Å². The summed E-state index contributed by atoms with van der Waals surface area (Å²) in [4.78, 5) is 4.07. The van der Waals surface area contributed by atoms with Crippen LogP contribution in [0.15, 0.2) is 18.3 Å². The van der Waals surface area contributed by atoms with E-state index in [1.54, 1.807) is 13.3 Å². The predicted octanol–water partition coefficient (Wildman–Crippen LogP) is 0.492. The summed E-state index contributed by atoms with van der Waals surface area (Å²) in [5.74, 6) is 0.633. The maximum atomic E-state index is 5.42. The minimum absolute atomic E-state index is 0.252. The second kappa shape index (κ2) is 4.87. The normalized spacial score (nSPS) is 10.2. The van der Waals surface area contributed by atoms with E-state index in [0.29, 0.717) is 13.4 Å². The highest BCUT2D eigenvalue weighted by molar-refractivity contribution is 6.46. The molecular weight excluding hydrogens is 165 g/mol. The van der Waals surface area contributed by atoms with Gasteiger partial charge in [0.1, 0.15) is 0 Å². The lowest BCUT2D eigenvalue weighted by Crippen LogP contribution is -2.21. The highest BCUT2D eigenvalue weighted by atomic mass is 16.5. The average molecular weight is 179 g/mol. The van der Waals surface area contributed by atoms with E-state index in [9.17, 15) is 0 Å². The fourth-order valence-electron chi connectivity index (χ4n) is 0.880. The number of rotatable bonds is 4. The Labute approximate surface area is 79.4 Å². The molecule has 1 aromatic heterocycles. The molecule has 0 radical (unpaired) electrons. The molecule has 0 aliphatic carbocycles. The van der Waals surface area contributed by atoms with E-state index < -0.39 is 0 Å². The van der Waals surface area contributed by atoms with E-state index in [1.807, 2.05) is 26.0 Å². The van der Waals surface area contributed by atoms with Crippen LogP contribution in [0.4, 0.5) is 0 Å². The molecule has 0 atom stereocenters. The molecule has 0 aliphatic heterocycles. The zero-order chi connectivity index (χ0) is 9.68. The van der Waals surface area contributed by atoms with Crippen molar-refractivity contribution in [2.75, 3.05) is 7.11 Å². The van der Waals surface area contributed by atoms with Crippen LogP contribution in [-0.2, 0) is 4.65 Å². The molecule has 0 N–H and O–H groups in total. The van der Waals surface area contributed by atoms with Gasteiger partial charge in [0.2, 0.25) is 5.88 Å². The van der Waals surface area contributed by atoms with Gasteiger partial charge in [-0.2, -0.15) is 0 Å². The highest BCUT2D eigenvalue weighted by Gasteiger charge is 2.00. The van der Waals surface area contributed by atoms with E-state index >= 15 is 0 Å². The Morgan fingerprint density at radius 2 is 2.15 bits per heavy atom. The summed E-state index contributed by atoms with van der Waals surface area (Å²) in [6.45, 7) is 4.02. The standard InChI is InChI=1S/C9H14BNO2/c1-7(2)13-10-8-4-5-9(12-3)11-6-8/h4-7,10H,1-3H3. The lowest BCUT2D eigenvalue weighted by molar-refractivity contribution is 0.260. The van der Waals surface area contributed by atoms with Gasteiger partial charge in [0.25, 0.3) is 0 Å². The predicted molar refractivity (Wildman–Crippen MR) is 53.8 cm³/mol. The first-order valence-electron chi connectivity index (χ1n) is 4.33. The number of pyridine rings is 1. The molecule has 1 heterocycles. The highest BCUT2D eigenvalue weighted by Crippen LogP contribution is 1.99. The van der Waals surface area contributed by atoms with Gasteiger partial charge in [0.15, 0.2) is 0 Å². The molecule has 3 nitrogen and oxygen atoms in total. The summed E-state index contributed by atoms with van der Waals surface area (Å²) >= 11 is 0. The van der Waals surface area contributed by atoms with Gasteiger partial charge in [-0.15, -0.1) is 0 Å². The average Bonchev–Trinajstić information content (AvgIpc) is 2.15. The molecule has 70 valence electrons. The fourth-order valence-corrected chi connectivity index (χ4v) is 0.880. The smallest absolute Gasteiger partial charge is 0.310 e. The van der Waals surface area contributed by atoms with Gasteiger partial charge < -0.3 is 9.39 Å². The lowest BCUT2D eigenvalue weighted by Gasteiger charge is -2.06. The number of ether oxygens (including phenoxy) is 1. The Morgan fingerprint density at radius 1 is 1.38 bits per heavy atom. The monoisotopic (exact) mass is 179 g/mol. The van der Waals surface area contributed by atoms with Crippen LogP contribution in [0.2, 0.25) is 0 Å². The molecule has 13 heavy (non-hydrogen) atoms. The van der Waals surface area contributed by atoms with Crippen LogP contribution in [0.5, 0.6) is 5.88 Å². The summed E-state index contributed by atoms with van der Waals surface area (Å²) < 4.78 is 10.4. The molecule has 0 unspecified atom stereocenters. The van der Waals surface area contributed by atoms with Crippen LogP contribution < -0.4 is 10.2 Å². The van der Waals surface area contributed by atoms with Gasteiger partial charge >= 0.3 is 7.48 Å². The van der Waals surface area contributed by atoms with Crippen molar-refractivity contribution >= 4 is 12.9 Å². The first-order valence-corrected chi connectivity index (χ1v) is 4.33. The van der Waals surface area contributed by atoms with Gasteiger partial charge in [-0.05, 0) is 25.4 Å². The molecule has 0 fully saturated rings.